The Morgan fingerprint density at radius 3 is 2.72 bits per heavy atom. The van der Waals surface area contributed by atoms with Gasteiger partial charge in [-0.25, -0.2) is 18.4 Å². The average Bonchev–Trinajstić information content (AvgIpc) is 3.23. The number of rotatable bonds is 5. The zero-order chi connectivity index (χ0) is 20.4. The number of oxazole rings is 1. The number of nitrogens with zero attached hydrogens (tertiary/aromatic N) is 2. The average molecular weight is 522 g/mol. The van der Waals surface area contributed by atoms with Gasteiger partial charge in [-0.15, -0.1) is 0 Å². The van der Waals surface area contributed by atoms with Crippen LogP contribution in [0.2, 0.25) is 0 Å². The number of amides is 1. The van der Waals surface area contributed by atoms with Crippen LogP contribution in [0.4, 0.5) is 5.69 Å². The van der Waals surface area contributed by atoms with Crippen LogP contribution in [-0.2, 0) is 14.8 Å². The highest BCUT2D eigenvalue weighted by atomic mass is 127. The van der Waals surface area contributed by atoms with Crippen molar-refractivity contribution in [1.29, 1.82) is 0 Å². The van der Waals surface area contributed by atoms with Crippen molar-refractivity contribution in [2.24, 2.45) is 4.99 Å². The molecule has 0 saturated heterocycles. The molecular weight excluding hydrogens is 507 g/mol. The lowest BCUT2D eigenvalue weighted by atomic mass is 9.99. The molecule has 0 spiro atoms. The molecule has 148 valence electrons. The number of hydrogen-bond donors (Lipinski definition) is 2. The Labute approximate surface area is 180 Å². The van der Waals surface area contributed by atoms with Crippen LogP contribution in [0.5, 0.6) is 0 Å². The van der Waals surface area contributed by atoms with Crippen LogP contribution >= 0.6 is 22.6 Å². The van der Waals surface area contributed by atoms with Gasteiger partial charge in [-0.3, -0.25) is 9.52 Å². The highest BCUT2D eigenvalue weighted by Gasteiger charge is 2.29. The number of nitrogens with one attached hydrogen (secondary N) is 2. The Bertz CT molecular complexity index is 1180. The van der Waals surface area contributed by atoms with Gasteiger partial charge in [0.15, 0.2) is 0 Å². The zero-order valence-corrected chi connectivity index (χ0v) is 17.8. The number of halogens is 1. The minimum Gasteiger partial charge on any atom is -0.448 e. The van der Waals surface area contributed by atoms with E-state index in [1.54, 1.807) is 12.1 Å². The van der Waals surface area contributed by atoms with Crippen LogP contribution in [0.1, 0.15) is 17.4 Å². The van der Waals surface area contributed by atoms with Gasteiger partial charge in [0.1, 0.15) is 11.2 Å². The van der Waals surface area contributed by atoms with E-state index < -0.39 is 15.9 Å². The number of carbonyl (C=O) groups is 1. The Morgan fingerprint density at radius 2 is 2.00 bits per heavy atom. The van der Waals surface area contributed by atoms with Crippen LogP contribution in [0.25, 0.3) is 0 Å². The number of fused-ring (bicyclic) bond motifs is 1. The summed E-state index contributed by atoms with van der Waals surface area (Å²) in [6.07, 6.45) is 3.00. The molecule has 0 fully saturated rings. The molecule has 1 atom stereocenters. The van der Waals surface area contributed by atoms with E-state index in [9.17, 15) is 13.2 Å². The molecule has 1 aliphatic rings. The Kier molecular flexibility index (Phi) is 5.37. The summed E-state index contributed by atoms with van der Waals surface area (Å²) in [5, 5.41) is 2.72. The van der Waals surface area contributed by atoms with Gasteiger partial charge in [0.05, 0.1) is 17.8 Å². The predicted molar refractivity (Wildman–Crippen MR) is 114 cm³/mol. The summed E-state index contributed by atoms with van der Waals surface area (Å²) in [4.78, 5) is 21.0. The van der Waals surface area contributed by atoms with Crippen LogP contribution in [0, 0.1) is 3.57 Å². The summed E-state index contributed by atoms with van der Waals surface area (Å²) in [5.74, 6) is -0.796. The normalized spacial score (nSPS) is 15.6. The maximum atomic E-state index is 12.6. The highest BCUT2D eigenvalue weighted by Crippen LogP contribution is 2.29. The van der Waals surface area contributed by atoms with Crippen molar-refractivity contribution >= 4 is 50.0 Å². The summed E-state index contributed by atoms with van der Waals surface area (Å²) in [6.45, 7) is 0.156. The fourth-order valence-corrected chi connectivity index (χ4v) is 4.81. The lowest BCUT2D eigenvalue weighted by Crippen LogP contribution is -2.45. The van der Waals surface area contributed by atoms with Crippen molar-refractivity contribution in [3.63, 3.8) is 0 Å². The molecule has 4 rings (SSSR count). The molecule has 29 heavy (non-hydrogen) atoms. The smallest absolute Gasteiger partial charge is 0.287 e. The Morgan fingerprint density at radius 1 is 1.21 bits per heavy atom. The maximum absolute atomic E-state index is 12.6. The third-order valence-corrected chi connectivity index (χ3v) is 6.35. The van der Waals surface area contributed by atoms with Crippen LogP contribution in [0.15, 0.2) is 75.3 Å². The van der Waals surface area contributed by atoms with Crippen molar-refractivity contribution in [1.82, 2.24) is 15.0 Å². The van der Waals surface area contributed by atoms with Crippen molar-refractivity contribution in [3.05, 3.63) is 76.0 Å². The van der Waals surface area contributed by atoms with Crippen molar-refractivity contribution in [3.8, 4) is 0 Å². The number of benzene rings is 2. The van der Waals surface area contributed by atoms with Crippen LogP contribution in [-0.4, -0.2) is 31.7 Å². The van der Waals surface area contributed by atoms with E-state index in [-0.39, 0.29) is 28.9 Å². The number of carbonyl (C=O) groups excluding carboxylic acids is 1. The van der Waals surface area contributed by atoms with Gasteiger partial charge >= 0.3 is 0 Å². The summed E-state index contributed by atoms with van der Waals surface area (Å²) in [7, 11) is -3.87. The third kappa shape index (κ3) is 4.17. The number of aromatic nitrogens is 1. The minimum atomic E-state index is -3.87. The lowest BCUT2D eigenvalue weighted by molar-refractivity contribution is -0.115. The number of sulfonamides is 1. The molecule has 0 saturated carbocycles. The number of amidine groups is 1. The van der Waals surface area contributed by atoms with Crippen molar-refractivity contribution in [2.75, 3.05) is 6.54 Å². The Hall–Kier alpha value is -2.73. The van der Waals surface area contributed by atoms with Gasteiger partial charge in [-0.05, 0) is 46.4 Å². The van der Waals surface area contributed by atoms with E-state index in [4.69, 9.17) is 4.42 Å². The SMILES string of the molecule is O=C(NCC(c1ccccc1)c1ncco1)C1=Nc2ccc(I)cc2S(=O)(=O)N1. The molecule has 2 aromatic carbocycles. The van der Waals surface area contributed by atoms with Gasteiger partial charge in [0.25, 0.3) is 15.9 Å². The van der Waals surface area contributed by atoms with E-state index in [0.29, 0.717) is 5.89 Å². The molecule has 0 aliphatic carbocycles. The second-order valence-corrected chi connectivity index (χ2v) is 9.12. The Balaban J connectivity index is 1.57. The molecule has 0 radical (unpaired) electrons. The fraction of sp³-hybridized carbons (Fsp3) is 0.105. The molecular formula is C19H15IN4O4S. The largest absolute Gasteiger partial charge is 0.448 e. The molecule has 0 bridgehead atoms. The monoisotopic (exact) mass is 522 g/mol. The molecule has 2 N–H and O–H groups in total. The van der Waals surface area contributed by atoms with Crippen molar-refractivity contribution in [2.45, 2.75) is 10.8 Å². The van der Waals surface area contributed by atoms with E-state index in [1.165, 1.54) is 18.5 Å². The molecule has 1 aromatic heterocycles. The zero-order valence-electron chi connectivity index (χ0n) is 14.9. The standard InChI is InChI=1S/C19H15IN4O4S/c20-13-6-7-15-16(10-13)29(26,27)24-17(23-15)18(25)22-11-14(19-21-8-9-28-19)12-4-2-1-3-5-12/h1-10,14H,11H2,(H,22,25)(H,23,24). The van der Waals surface area contributed by atoms with Crippen molar-refractivity contribution < 1.29 is 17.6 Å². The topological polar surface area (TPSA) is 114 Å². The van der Waals surface area contributed by atoms with Gasteiger partial charge < -0.3 is 9.73 Å². The second kappa shape index (κ2) is 7.95. The first kappa shape index (κ1) is 19.6. The molecule has 10 heteroatoms. The highest BCUT2D eigenvalue weighted by molar-refractivity contribution is 14.1. The molecule has 1 aliphatic heterocycles. The molecule has 8 nitrogen and oxygen atoms in total. The van der Waals surface area contributed by atoms with E-state index in [2.05, 4.69) is 20.0 Å². The van der Waals surface area contributed by atoms with E-state index in [0.717, 1.165) is 9.13 Å². The first-order valence-corrected chi connectivity index (χ1v) is 11.1. The fourth-order valence-electron chi connectivity index (χ4n) is 2.94. The van der Waals surface area contributed by atoms with Crippen LogP contribution in [0.3, 0.4) is 0 Å². The molecule has 1 unspecified atom stereocenters. The first-order chi connectivity index (χ1) is 13.9. The lowest BCUT2D eigenvalue weighted by Gasteiger charge is -2.19. The van der Waals surface area contributed by atoms with Gasteiger partial charge in [0, 0.05) is 10.1 Å². The molecule has 1 amide bonds. The number of aliphatic imine (C=N–C) groups is 1. The van der Waals surface area contributed by atoms with Crippen LogP contribution < -0.4 is 10.0 Å². The summed E-state index contributed by atoms with van der Waals surface area (Å²) in [6, 6.07) is 14.3. The molecule has 2 heterocycles. The summed E-state index contributed by atoms with van der Waals surface area (Å²) in [5.41, 5.74) is 1.13. The minimum absolute atomic E-state index is 0.0443. The third-order valence-electron chi connectivity index (χ3n) is 4.31. The predicted octanol–water partition coefficient (Wildman–Crippen LogP) is 2.55. The van der Waals surface area contributed by atoms with E-state index >= 15 is 0 Å². The van der Waals surface area contributed by atoms with Gasteiger partial charge in [0.2, 0.25) is 11.7 Å². The van der Waals surface area contributed by atoms with Gasteiger partial charge in [-0.1, -0.05) is 30.3 Å². The molecule has 3 aromatic rings. The second-order valence-electron chi connectivity index (χ2n) is 6.22. The van der Waals surface area contributed by atoms with Gasteiger partial charge in [-0.2, -0.15) is 0 Å². The quantitative estimate of drug-likeness (QED) is 0.501. The first-order valence-electron chi connectivity index (χ1n) is 8.57. The summed E-state index contributed by atoms with van der Waals surface area (Å²) < 4.78 is 33.4. The van der Waals surface area contributed by atoms with E-state index in [1.807, 2.05) is 52.9 Å². The summed E-state index contributed by atoms with van der Waals surface area (Å²) >= 11 is 2.02. The number of hydrogen-bond acceptors (Lipinski definition) is 6. The maximum Gasteiger partial charge on any atom is 0.287 e.